The van der Waals surface area contributed by atoms with E-state index in [9.17, 15) is 9.59 Å². The highest BCUT2D eigenvalue weighted by Crippen LogP contribution is 2.23. The van der Waals surface area contributed by atoms with Crippen molar-refractivity contribution < 1.29 is 14.7 Å². The van der Waals surface area contributed by atoms with Crippen molar-refractivity contribution >= 4 is 28.9 Å². The molecule has 0 aliphatic rings. The van der Waals surface area contributed by atoms with E-state index in [2.05, 4.69) is 5.32 Å². The Bertz CT molecular complexity index is 641. The number of benzene rings is 1. The zero-order valence-corrected chi connectivity index (χ0v) is 12.1. The third kappa shape index (κ3) is 3.24. The molecule has 4 nitrogen and oxygen atoms in total. The Morgan fingerprint density at radius 1 is 1.25 bits per heavy atom. The van der Waals surface area contributed by atoms with Crippen LogP contribution in [0.25, 0.3) is 0 Å². The molecule has 1 aromatic heterocycles. The number of thiophene rings is 1. The Morgan fingerprint density at radius 3 is 2.55 bits per heavy atom. The summed E-state index contributed by atoms with van der Waals surface area (Å²) in [6, 6.07) is 8.78. The lowest BCUT2D eigenvalue weighted by Gasteiger charge is -2.08. The lowest BCUT2D eigenvalue weighted by atomic mass is 10.1. The van der Waals surface area contributed by atoms with Gasteiger partial charge in [0.1, 0.15) is 0 Å². The van der Waals surface area contributed by atoms with Gasteiger partial charge in [0.15, 0.2) is 0 Å². The van der Waals surface area contributed by atoms with E-state index in [-0.39, 0.29) is 12.3 Å². The zero-order valence-electron chi connectivity index (χ0n) is 11.3. The molecule has 0 spiro atoms. The van der Waals surface area contributed by atoms with Gasteiger partial charge in [0.25, 0.3) is 5.91 Å². The number of hydrogen-bond donors (Lipinski definition) is 2. The molecule has 0 fully saturated rings. The summed E-state index contributed by atoms with van der Waals surface area (Å²) in [4.78, 5) is 24.7. The molecule has 0 aliphatic heterocycles. The summed E-state index contributed by atoms with van der Waals surface area (Å²) < 4.78 is 0. The Labute approximate surface area is 121 Å². The van der Waals surface area contributed by atoms with Gasteiger partial charge in [-0.05, 0) is 37.1 Å². The number of aliphatic carboxylic acids is 1. The molecule has 5 heteroatoms. The minimum Gasteiger partial charge on any atom is -0.481 e. The van der Waals surface area contributed by atoms with Gasteiger partial charge in [-0.3, -0.25) is 9.59 Å². The minimum absolute atomic E-state index is 0.112. The Hall–Kier alpha value is -2.14. The van der Waals surface area contributed by atoms with Gasteiger partial charge in [-0.2, -0.15) is 0 Å². The van der Waals surface area contributed by atoms with E-state index in [1.54, 1.807) is 24.3 Å². The Kier molecular flexibility index (Phi) is 4.20. The summed E-state index contributed by atoms with van der Waals surface area (Å²) in [6.45, 7) is 3.93. The summed E-state index contributed by atoms with van der Waals surface area (Å²) in [5, 5.41) is 11.7. The standard InChI is InChI=1S/C15H15NO3S/c1-9-7-13(20-10(9)2)15(19)16-12-6-4-3-5-11(12)8-14(17)18/h3-7H,8H2,1-2H3,(H,16,19)(H,17,18). The molecule has 0 aliphatic carbocycles. The normalized spacial score (nSPS) is 10.3. The fraction of sp³-hybridized carbons (Fsp3) is 0.200. The number of amides is 1. The fourth-order valence-electron chi connectivity index (χ4n) is 1.83. The lowest BCUT2D eigenvalue weighted by molar-refractivity contribution is -0.136. The second-order valence-electron chi connectivity index (χ2n) is 4.53. The van der Waals surface area contributed by atoms with Gasteiger partial charge in [-0.1, -0.05) is 18.2 Å². The molecular weight excluding hydrogens is 274 g/mol. The van der Waals surface area contributed by atoms with E-state index < -0.39 is 5.97 Å². The van der Waals surface area contributed by atoms with Gasteiger partial charge < -0.3 is 10.4 Å². The molecule has 2 aromatic rings. The molecule has 2 N–H and O–H groups in total. The van der Waals surface area contributed by atoms with Crippen LogP contribution >= 0.6 is 11.3 Å². The van der Waals surface area contributed by atoms with Crippen LogP contribution in [-0.4, -0.2) is 17.0 Å². The van der Waals surface area contributed by atoms with Crippen molar-refractivity contribution in [3.05, 3.63) is 51.2 Å². The van der Waals surface area contributed by atoms with Crippen molar-refractivity contribution in [2.24, 2.45) is 0 Å². The minimum atomic E-state index is -0.922. The van der Waals surface area contributed by atoms with Crippen molar-refractivity contribution in [3.8, 4) is 0 Å². The smallest absolute Gasteiger partial charge is 0.307 e. The molecule has 1 amide bonds. The number of carbonyl (C=O) groups excluding carboxylic acids is 1. The maximum absolute atomic E-state index is 12.2. The SMILES string of the molecule is Cc1cc(C(=O)Nc2ccccc2CC(=O)O)sc1C. The third-order valence-electron chi connectivity index (χ3n) is 3.00. The van der Waals surface area contributed by atoms with Gasteiger partial charge in [0.05, 0.1) is 11.3 Å². The van der Waals surface area contributed by atoms with Gasteiger partial charge in [0, 0.05) is 10.6 Å². The van der Waals surface area contributed by atoms with Crippen LogP contribution in [0.1, 0.15) is 25.7 Å². The first kappa shape index (κ1) is 14.3. The number of aryl methyl sites for hydroxylation is 2. The Morgan fingerprint density at radius 2 is 1.95 bits per heavy atom. The summed E-state index contributed by atoms with van der Waals surface area (Å²) in [6.07, 6.45) is -0.112. The molecule has 0 saturated carbocycles. The van der Waals surface area contributed by atoms with E-state index >= 15 is 0 Å². The van der Waals surface area contributed by atoms with Crippen LogP contribution in [0.2, 0.25) is 0 Å². The first-order valence-electron chi connectivity index (χ1n) is 6.15. The van der Waals surface area contributed by atoms with Crippen molar-refractivity contribution in [2.45, 2.75) is 20.3 Å². The summed E-state index contributed by atoms with van der Waals surface area (Å²) in [7, 11) is 0. The van der Waals surface area contributed by atoms with Gasteiger partial charge in [-0.25, -0.2) is 0 Å². The molecule has 0 atom stereocenters. The second kappa shape index (κ2) is 5.88. The summed E-state index contributed by atoms with van der Waals surface area (Å²) >= 11 is 1.43. The number of anilines is 1. The zero-order chi connectivity index (χ0) is 14.7. The van der Waals surface area contributed by atoms with Crippen molar-refractivity contribution in [3.63, 3.8) is 0 Å². The molecule has 0 unspecified atom stereocenters. The summed E-state index contributed by atoms with van der Waals surface area (Å²) in [5.41, 5.74) is 2.22. The van der Waals surface area contributed by atoms with Crippen LogP contribution in [0.5, 0.6) is 0 Å². The van der Waals surface area contributed by atoms with E-state index in [4.69, 9.17) is 5.11 Å². The third-order valence-corrected chi connectivity index (χ3v) is 4.15. The first-order valence-corrected chi connectivity index (χ1v) is 6.97. The topological polar surface area (TPSA) is 66.4 Å². The van der Waals surface area contributed by atoms with Crippen LogP contribution in [0, 0.1) is 13.8 Å². The molecule has 0 bridgehead atoms. The number of carboxylic acid groups (broad SMARTS) is 1. The molecule has 104 valence electrons. The molecule has 20 heavy (non-hydrogen) atoms. The van der Waals surface area contributed by atoms with Crippen molar-refractivity contribution in [1.29, 1.82) is 0 Å². The Balaban J connectivity index is 2.21. The van der Waals surface area contributed by atoms with E-state index in [1.807, 2.05) is 19.9 Å². The number of hydrogen-bond acceptors (Lipinski definition) is 3. The fourth-order valence-corrected chi connectivity index (χ4v) is 2.76. The number of rotatable bonds is 4. The second-order valence-corrected chi connectivity index (χ2v) is 5.79. The maximum Gasteiger partial charge on any atom is 0.307 e. The highest BCUT2D eigenvalue weighted by Gasteiger charge is 2.13. The largest absolute Gasteiger partial charge is 0.481 e. The van der Waals surface area contributed by atoms with Crippen LogP contribution in [0.4, 0.5) is 5.69 Å². The molecule has 0 radical (unpaired) electrons. The molecular formula is C15H15NO3S. The van der Waals surface area contributed by atoms with Crippen LogP contribution in [-0.2, 0) is 11.2 Å². The molecule has 0 saturated heterocycles. The van der Waals surface area contributed by atoms with Crippen molar-refractivity contribution in [1.82, 2.24) is 0 Å². The molecule has 1 aromatic carbocycles. The number of para-hydroxylation sites is 1. The summed E-state index contributed by atoms with van der Waals surface area (Å²) in [5.74, 6) is -1.13. The number of nitrogens with one attached hydrogen (secondary N) is 1. The van der Waals surface area contributed by atoms with Crippen LogP contribution in [0.15, 0.2) is 30.3 Å². The van der Waals surface area contributed by atoms with Gasteiger partial charge in [0.2, 0.25) is 0 Å². The van der Waals surface area contributed by atoms with Crippen LogP contribution < -0.4 is 5.32 Å². The van der Waals surface area contributed by atoms with E-state index in [1.165, 1.54) is 11.3 Å². The number of carbonyl (C=O) groups is 2. The van der Waals surface area contributed by atoms with Crippen molar-refractivity contribution in [2.75, 3.05) is 5.32 Å². The monoisotopic (exact) mass is 289 g/mol. The lowest BCUT2D eigenvalue weighted by Crippen LogP contribution is -2.13. The predicted molar refractivity (Wildman–Crippen MR) is 79.5 cm³/mol. The quantitative estimate of drug-likeness (QED) is 0.908. The molecule has 2 rings (SSSR count). The highest BCUT2D eigenvalue weighted by molar-refractivity contribution is 7.14. The maximum atomic E-state index is 12.2. The predicted octanol–water partition coefficient (Wildman–Crippen LogP) is 3.24. The van der Waals surface area contributed by atoms with E-state index in [0.717, 1.165) is 10.4 Å². The molecule has 1 heterocycles. The first-order chi connectivity index (χ1) is 9.47. The van der Waals surface area contributed by atoms with E-state index in [0.29, 0.717) is 16.1 Å². The van der Waals surface area contributed by atoms with Gasteiger partial charge >= 0.3 is 5.97 Å². The number of carboxylic acids is 1. The van der Waals surface area contributed by atoms with Gasteiger partial charge in [-0.15, -0.1) is 11.3 Å². The van der Waals surface area contributed by atoms with Crippen LogP contribution in [0.3, 0.4) is 0 Å². The average molecular weight is 289 g/mol. The highest BCUT2D eigenvalue weighted by atomic mass is 32.1. The average Bonchev–Trinajstić information content (AvgIpc) is 2.71.